The number of rotatable bonds is 6. The Hall–Kier alpha value is -1.03. The number of unbranched alkanes of at least 4 members (excludes halogenated alkanes) is 2. The summed E-state index contributed by atoms with van der Waals surface area (Å²) in [5, 5.41) is 21.6. The van der Waals surface area contributed by atoms with E-state index in [1.54, 1.807) is 0 Å². The first-order chi connectivity index (χ1) is 8.47. The Bertz CT molecular complexity index is 474. The Morgan fingerprint density at radius 2 is 1.79 bits per heavy atom. The zero-order valence-corrected chi connectivity index (χ0v) is 12.0. The number of carbonyl (C=O) groups excluding carboxylic acids is 2. The summed E-state index contributed by atoms with van der Waals surface area (Å²) in [6.45, 7) is 2.05. The van der Waals surface area contributed by atoms with Crippen molar-refractivity contribution >= 4 is 23.5 Å². The summed E-state index contributed by atoms with van der Waals surface area (Å²) in [4.78, 5) is 21.7. The number of halogens is 1. The van der Waals surface area contributed by atoms with Crippen LogP contribution in [0.3, 0.4) is 0 Å². The van der Waals surface area contributed by atoms with Crippen molar-refractivity contribution in [2.75, 3.05) is 0 Å². The molecule has 107 valence electrons. The molecule has 0 spiro atoms. The van der Waals surface area contributed by atoms with Gasteiger partial charge in [0.15, 0.2) is 0 Å². The number of carbonyl (C=O) groups is 2. The Balaban J connectivity index is 0.00000324. The van der Waals surface area contributed by atoms with Gasteiger partial charge < -0.3 is 19.8 Å². The van der Waals surface area contributed by atoms with E-state index in [0.29, 0.717) is 12.0 Å². The molecule has 1 radical (unpaired) electrons. The maximum absolute atomic E-state index is 10.9. The standard InChI is InChI=1S/C13H15ClO4.Cu/c1-2-3-4-5-8-6-9(12(15)16)11(13(17)18)10(14)7-8;/h6-7H,2-5H2,1H3,(H,15,16)(H,17,18);/q;+2/p-2. The molecular formula is C13H13ClCuO4. The molecule has 6 heteroatoms. The molecule has 0 N–H and O–H groups in total. The molecule has 1 aromatic rings. The molecule has 0 heterocycles. The van der Waals surface area contributed by atoms with Gasteiger partial charge in [0.1, 0.15) is 0 Å². The molecule has 0 aromatic heterocycles. The molecule has 1 aromatic carbocycles. The SMILES string of the molecule is CCCCCc1cc(Cl)c(C(=O)[O-])c(C(=O)[O-])c1.[Cu+2]. The van der Waals surface area contributed by atoms with E-state index < -0.39 is 23.1 Å². The Morgan fingerprint density at radius 3 is 2.26 bits per heavy atom. The number of carboxylic acid groups (broad SMARTS) is 2. The second-order valence-electron chi connectivity index (χ2n) is 4.03. The fourth-order valence-corrected chi connectivity index (χ4v) is 2.07. The molecule has 0 aliphatic rings. The molecule has 0 amide bonds. The first-order valence-corrected chi connectivity index (χ1v) is 6.10. The van der Waals surface area contributed by atoms with E-state index in [4.69, 9.17) is 11.6 Å². The molecule has 0 atom stereocenters. The molecular weight excluding hydrogens is 319 g/mol. The summed E-state index contributed by atoms with van der Waals surface area (Å²) < 4.78 is 0. The molecule has 4 nitrogen and oxygen atoms in total. The van der Waals surface area contributed by atoms with Gasteiger partial charge in [-0.15, -0.1) is 0 Å². The van der Waals surface area contributed by atoms with Gasteiger partial charge in [-0.05, 0) is 30.5 Å². The number of hydrogen-bond donors (Lipinski definition) is 0. The van der Waals surface area contributed by atoms with Crippen molar-refractivity contribution in [2.24, 2.45) is 0 Å². The maximum atomic E-state index is 10.9. The molecule has 0 bridgehead atoms. The molecule has 19 heavy (non-hydrogen) atoms. The van der Waals surface area contributed by atoms with Gasteiger partial charge >= 0.3 is 17.1 Å². The molecule has 0 aliphatic heterocycles. The van der Waals surface area contributed by atoms with Gasteiger partial charge in [0.25, 0.3) is 0 Å². The third-order valence-corrected chi connectivity index (χ3v) is 2.94. The number of hydrogen-bond acceptors (Lipinski definition) is 4. The zero-order valence-electron chi connectivity index (χ0n) is 10.3. The summed E-state index contributed by atoms with van der Waals surface area (Å²) in [5.74, 6) is -3.17. The van der Waals surface area contributed by atoms with Crippen LogP contribution < -0.4 is 10.2 Å². The normalized spacial score (nSPS) is 9.79. The fourth-order valence-electron chi connectivity index (χ4n) is 1.75. The zero-order chi connectivity index (χ0) is 13.7. The summed E-state index contributed by atoms with van der Waals surface area (Å²) in [7, 11) is 0. The smallest absolute Gasteiger partial charge is 0.545 e. The molecule has 1 rings (SSSR count). The molecule has 0 unspecified atom stereocenters. The van der Waals surface area contributed by atoms with Crippen molar-refractivity contribution in [3.8, 4) is 0 Å². The van der Waals surface area contributed by atoms with Gasteiger partial charge in [-0.1, -0.05) is 31.4 Å². The van der Waals surface area contributed by atoms with Crippen LogP contribution in [0.2, 0.25) is 5.02 Å². The van der Waals surface area contributed by atoms with Crippen molar-refractivity contribution in [2.45, 2.75) is 32.6 Å². The molecule has 0 saturated heterocycles. The van der Waals surface area contributed by atoms with E-state index in [0.717, 1.165) is 19.3 Å². The predicted octanol–water partition coefficient (Wildman–Crippen LogP) is 0.797. The third-order valence-electron chi connectivity index (χ3n) is 2.64. The quantitative estimate of drug-likeness (QED) is 0.570. The minimum Gasteiger partial charge on any atom is -0.545 e. The van der Waals surface area contributed by atoms with Crippen molar-refractivity contribution in [1.82, 2.24) is 0 Å². The van der Waals surface area contributed by atoms with Crippen LogP contribution in [-0.2, 0) is 23.5 Å². The molecule has 0 saturated carbocycles. The van der Waals surface area contributed by atoms with Gasteiger partial charge in [0.05, 0.1) is 17.0 Å². The van der Waals surface area contributed by atoms with Crippen LogP contribution >= 0.6 is 11.6 Å². The van der Waals surface area contributed by atoms with Crippen LogP contribution in [0.4, 0.5) is 0 Å². The number of aryl methyl sites for hydroxylation is 1. The average molecular weight is 332 g/mol. The predicted molar refractivity (Wildman–Crippen MR) is 63.3 cm³/mol. The van der Waals surface area contributed by atoms with Crippen molar-refractivity contribution < 1.29 is 36.9 Å². The van der Waals surface area contributed by atoms with Crippen LogP contribution in [0.5, 0.6) is 0 Å². The Kier molecular flexibility index (Phi) is 7.76. The van der Waals surface area contributed by atoms with Crippen LogP contribution in [0.15, 0.2) is 12.1 Å². The van der Waals surface area contributed by atoms with Gasteiger partial charge in [-0.25, -0.2) is 0 Å². The topological polar surface area (TPSA) is 80.3 Å². The van der Waals surface area contributed by atoms with E-state index in [1.807, 2.05) is 0 Å². The van der Waals surface area contributed by atoms with E-state index in [2.05, 4.69) is 6.92 Å². The van der Waals surface area contributed by atoms with Crippen molar-refractivity contribution in [3.05, 3.63) is 33.8 Å². The van der Waals surface area contributed by atoms with E-state index in [1.165, 1.54) is 12.1 Å². The van der Waals surface area contributed by atoms with E-state index >= 15 is 0 Å². The van der Waals surface area contributed by atoms with Crippen LogP contribution in [0.25, 0.3) is 0 Å². The van der Waals surface area contributed by atoms with Crippen LogP contribution in [-0.4, -0.2) is 11.9 Å². The second kappa shape index (κ2) is 8.20. The fraction of sp³-hybridized carbons (Fsp3) is 0.385. The maximum Gasteiger partial charge on any atom is 2.00 e. The summed E-state index contributed by atoms with van der Waals surface area (Å²) in [6, 6.07) is 2.76. The van der Waals surface area contributed by atoms with Crippen molar-refractivity contribution in [3.63, 3.8) is 0 Å². The largest absolute Gasteiger partial charge is 2.00 e. The second-order valence-corrected chi connectivity index (χ2v) is 4.44. The minimum absolute atomic E-state index is 0. The molecule has 0 fully saturated rings. The van der Waals surface area contributed by atoms with Crippen LogP contribution in [0.1, 0.15) is 52.5 Å². The van der Waals surface area contributed by atoms with Gasteiger partial charge in [0, 0.05) is 11.1 Å². The van der Waals surface area contributed by atoms with Gasteiger partial charge in [-0.2, -0.15) is 0 Å². The van der Waals surface area contributed by atoms with Gasteiger partial charge in [0.2, 0.25) is 0 Å². The summed E-state index contributed by atoms with van der Waals surface area (Å²) >= 11 is 5.77. The first-order valence-electron chi connectivity index (χ1n) is 5.72. The first kappa shape index (κ1) is 18.0. The summed E-state index contributed by atoms with van der Waals surface area (Å²) in [5.41, 5.74) is -0.248. The minimum atomic E-state index is -1.61. The number of aromatic carboxylic acids is 2. The van der Waals surface area contributed by atoms with Gasteiger partial charge in [-0.3, -0.25) is 0 Å². The Labute approximate surface area is 127 Å². The average Bonchev–Trinajstić information content (AvgIpc) is 2.27. The monoisotopic (exact) mass is 331 g/mol. The number of carboxylic acids is 2. The third kappa shape index (κ3) is 4.86. The molecule has 0 aliphatic carbocycles. The van der Waals surface area contributed by atoms with Crippen molar-refractivity contribution in [1.29, 1.82) is 0 Å². The van der Waals surface area contributed by atoms with Crippen LogP contribution in [0, 0.1) is 0 Å². The van der Waals surface area contributed by atoms with E-state index in [-0.39, 0.29) is 22.1 Å². The van der Waals surface area contributed by atoms with E-state index in [9.17, 15) is 19.8 Å². The Morgan fingerprint density at radius 1 is 1.16 bits per heavy atom. The number of benzene rings is 1. The summed E-state index contributed by atoms with van der Waals surface area (Å²) in [6.07, 6.45) is 3.60.